The Hall–Kier alpha value is -2.37. The summed E-state index contributed by atoms with van der Waals surface area (Å²) in [6.07, 6.45) is -4.50. The molecule has 0 aromatic heterocycles. The number of aliphatic hydroxyl groups excluding tert-OH is 1. The highest BCUT2D eigenvalue weighted by Gasteiger charge is 2.51. The first-order chi connectivity index (χ1) is 12.3. The van der Waals surface area contributed by atoms with E-state index in [-0.39, 0.29) is 6.61 Å². The van der Waals surface area contributed by atoms with Gasteiger partial charge < -0.3 is 34.1 Å². The third kappa shape index (κ3) is 5.31. The van der Waals surface area contributed by atoms with Crippen LogP contribution in [0.5, 0.6) is 0 Å². The Balaban J connectivity index is 2.20. The molecular weight excluding hydrogens is 354 g/mol. The van der Waals surface area contributed by atoms with Crippen molar-refractivity contribution in [2.24, 2.45) is 0 Å². The molecule has 6 atom stereocenters. The van der Waals surface area contributed by atoms with E-state index in [1.54, 1.807) is 0 Å². The van der Waals surface area contributed by atoms with Gasteiger partial charge in [0.2, 0.25) is 0 Å². The van der Waals surface area contributed by atoms with Crippen molar-refractivity contribution < 1.29 is 47.9 Å². The number of rotatable bonds is 6. The molecule has 2 aliphatic rings. The van der Waals surface area contributed by atoms with Gasteiger partial charge in [0, 0.05) is 27.0 Å². The monoisotopic (exact) mass is 375 g/mol. The SMILES string of the molecule is CC(=O)OC[C@H]1O[C@@H](OC2NC=CO2)[C@H](O)[C@@H](OC(C)=O)[C@@H]1OC(C)=O. The first-order valence-corrected chi connectivity index (χ1v) is 7.81. The predicted octanol–water partition coefficient (Wildman–Crippen LogP) is -1.11. The average Bonchev–Trinajstić information content (AvgIpc) is 3.04. The van der Waals surface area contributed by atoms with Crippen LogP contribution in [0.1, 0.15) is 20.8 Å². The smallest absolute Gasteiger partial charge is 0.303 e. The largest absolute Gasteiger partial charge is 0.463 e. The summed E-state index contributed by atoms with van der Waals surface area (Å²) in [4.78, 5) is 34.0. The van der Waals surface area contributed by atoms with E-state index < -0.39 is 55.0 Å². The molecule has 2 aliphatic heterocycles. The molecule has 1 fully saturated rings. The highest BCUT2D eigenvalue weighted by molar-refractivity contribution is 5.67. The van der Waals surface area contributed by atoms with Crippen LogP contribution in [0.3, 0.4) is 0 Å². The Kier molecular flexibility index (Phi) is 6.77. The van der Waals surface area contributed by atoms with Crippen LogP contribution in [-0.2, 0) is 42.8 Å². The fourth-order valence-electron chi connectivity index (χ4n) is 2.46. The fraction of sp³-hybridized carbons (Fsp3) is 0.667. The Morgan fingerprint density at radius 3 is 2.27 bits per heavy atom. The van der Waals surface area contributed by atoms with E-state index in [0.717, 1.165) is 13.8 Å². The Morgan fingerprint density at radius 2 is 1.73 bits per heavy atom. The number of esters is 3. The minimum Gasteiger partial charge on any atom is -0.463 e. The van der Waals surface area contributed by atoms with Gasteiger partial charge in [0.15, 0.2) is 18.5 Å². The molecule has 0 amide bonds. The van der Waals surface area contributed by atoms with Gasteiger partial charge in [-0.1, -0.05) is 0 Å². The lowest BCUT2D eigenvalue weighted by molar-refractivity contribution is -0.334. The maximum atomic E-state index is 11.4. The summed E-state index contributed by atoms with van der Waals surface area (Å²) < 4.78 is 31.2. The van der Waals surface area contributed by atoms with Crippen molar-refractivity contribution in [3.63, 3.8) is 0 Å². The highest BCUT2D eigenvalue weighted by Crippen LogP contribution is 2.28. The maximum absolute atomic E-state index is 11.4. The van der Waals surface area contributed by atoms with E-state index in [0.29, 0.717) is 0 Å². The standard InChI is InChI=1S/C15H21NO10/c1-7(17)22-6-10-12(23-8(2)18)13(24-9(3)19)11(20)14(25-10)26-15-16-4-5-21-15/h4-5,10-16,20H,6H2,1-3H3/t10-,11-,12-,13-,14+,15?/m1/s1. The lowest BCUT2D eigenvalue weighted by Crippen LogP contribution is -2.62. The topological polar surface area (TPSA) is 139 Å². The number of hydrogen-bond donors (Lipinski definition) is 2. The number of nitrogens with one attached hydrogen (secondary N) is 1. The van der Waals surface area contributed by atoms with E-state index in [1.165, 1.54) is 19.4 Å². The van der Waals surface area contributed by atoms with E-state index >= 15 is 0 Å². The molecule has 26 heavy (non-hydrogen) atoms. The molecule has 0 aromatic carbocycles. The minimum atomic E-state index is -1.50. The first kappa shape index (κ1) is 19.9. The molecule has 0 aromatic rings. The third-order valence-electron chi connectivity index (χ3n) is 3.43. The first-order valence-electron chi connectivity index (χ1n) is 7.81. The molecule has 146 valence electrons. The molecule has 0 aliphatic carbocycles. The highest BCUT2D eigenvalue weighted by atomic mass is 16.8. The van der Waals surface area contributed by atoms with E-state index in [2.05, 4.69) is 5.32 Å². The molecule has 2 N–H and O–H groups in total. The van der Waals surface area contributed by atoms with E-state index in [4.69, 9.17) is 28.4 Å². The normalized spacial score (nSPS) is 32.9. The summed E-state index contributed by atoms with van der Waals surface area (Å²) >= 11 is 0. The minimum absolute atomic E-state index is 0.311. The fourth-order valence-corrected chi connectivity index (χ4v) is 2.46. The van der Waals surface area contributed by atoms with Gasteiger partial charge >= 0.3 is 17.9 Å². The molecule has 2 heterocycles. The van der Waals surface area contributed by atoms with Crippen LogP contribution in [-0.4, -0.2) is 66.7 Å². The molecule has 1 unspecified atom stereocenters. The second kappa shape index (κ2) is 8.83. The maximum Gasteiger partial charge on any atom is 0.303 e. The van der Waals surface area contributed by atoms with Crippen molar-refractivity contribution in [3.8, 4) is 0 Å². The van der Waals surface area contributed by atoms with Crippen molar-refractivity contribution in [2.45, 2.75) is 57.9 Å². The number of carbonyl (C=O) groups is 3. The zero-order valence-electron chi connectivity index (χ0n) is 14.4. The molecule has 0 radical (unpaired) electrons. The summed E-state index contributed by atoms with van der Waals surface area (Å²) in [7, 11) is 0. The Labute approximate surface area is 149 Å². The van der Waals surface area contributed by atoms with Crippen molar-refractivity contribution in [3.05, 3.63) is 12.5 Å². The predicted molar refractivity (Wildman–Crippen MR) is 80.6 cm³/mol. The lowest BCUT2D eigenvalue weighted by Gasteiger charge is -2.43. The number of hydrogen-bond acceptors (Lipinski definition) is 11. The molecule has 0 spiro atoms. The Morgan fingerprint density at radius 1 is 1.08 bits per heavy atom. The van der Waals surface area contributed by atoms with Gasteiger partial charge in [0.1, 0.15) is 25.1 Å². The Bertz CT molecular complexity index is 557. The third-order valence-corrected chi connectivity index (χ3v) is 3.43. The van der Waals surface area contributed by atoms with Crippen molar-refractivity contribution in [1.29, 1.82) is 0 Å². The van der Waals surface area contributed by atoms with E-state index in [9.17, 15) is 19.5 Å². The van der Waals surface area contributed by atoms with Crippen LogP contribution < -0.4 is 5.32 Å². The summed E-state index contributed by atoms with van der Waals surface area (Å²) in [5.74, 6) is -2.00. The summed E-state index contributed by atoms with van der Waals surface area (Å²) in [5, 5.41) is 13.2. The summed E-state index contributed by atoms with van der Waals surface area (Å²) in [5.41, 5.74) is 0. The molecule has 1 saturated heterocycles. The second-order valence-electron chi connectivity index (χ2n) is 5.56. The second-order valence-corrected chi connectivity index (χ2v) is 5.56. The molecule has 2 rings (SSSR count). The van der Waals surface area contributed by atoms with Crippen LogP contribution in [0.4, 0.5) is 0 Å². The molecule has 11 nitrogen and oxygen atoms in total. The van der Waals surface area contributed by atoms with Crippen LogP contribution >= 0.6 is 0 Å². The zero-order chi connectivity index (χ0) is 19.3. The number of aliphatic hydroxyl groups is 1. The number of ether oxygens (including phenoxy) is 6. The molecule has 0 bridgehead atoms. The molecular formula is C15H21NO10. The van der Waals surface area contributed by atoms with Gasteiger partial charge in [0.25, 0.3) is 6.41 Å². The van der Waals surface area contributed by atoms with Crippen molar-refractivity contribution in [1.82, 2.24) is 5.32 Å². The summed E-state index contributed by atoms with van der Waals surface area (Å²) in [6.45, 7) is 3.16. The zero-order valence-corrected chi connectivity index (χ0v) is 14.4. The van der Waals surface area contributed by atoms with Gasteiger partial charge in [-0.25, -0.2) is 0 Å². The van der Waals surface area contributed by atoms with Gasteiger partial charge in [-0.2, -0.15) is 0 Å². The van der Waals surface area contributed by atoms with Gasteiger partial charge in [-0.05, 0) is 0 Å². The quantitative estimate of drug-likeness (QED) is 0.431. The van der Waals surface area contributed by atoms with Gasteiger partial charge in [0.05, 0.1) is 0 Å². The van der Waals surface area contributed by atoms with Crippen LogP contribution in [0.25, 0.3) is 0 Å². The van der Waals surface area contributed by atoms with Crippen LogP contribution in [0.15, 0.2) is 12.5 Å². The van der Waals surface area contributed by atoms with Crippen molar-refractivity contribution in [2.75, 3.05) is 6.61 Å². The van der Waals surface area contributed by atoms with Crippen molar-refractivity contribution >= 4 is 17.9 Å². The summed E-state index contributed by atoms with van der Waals surface area (Å²) in [6, 6.07) is 0. The van der Waals surface area contributed by atoms with Gasteiger partial charge in [-0.15, -0.1) is 0 Å². The van der Waals surface area contributed by atoms with Gasteiger partial charge in [-0.3, -0.25) is 19.1 Å². The van der Waals surface area contributed by atoms with Crippen LogP contribution in [0.2, 0.25) is 0 Å². The average molecular weight is 375 g/mol. The van der Waals surface area contributed by atoms with Crippen LogP contribution in [0, 0.1) is 0 Å². The number of carbonyl (C=O) groups excluding carboxylic acids is 3. The lowest BCUT2D eigenvalue weighted by atomic mass is 9.98. The molecule has 0 saturated carbocycles. The molecule has 11 heteroatoms. The van der Waals surface area contributed by atoms with E-state index in [1.807, 2.05) is 0 Å².